The van der Waals surface area contributed by atoms with Crippen molar-refractivity contribution in [3.63, 3.8) is 0 Å². The van der Waals surface area contributed by atoms with Gasteiger partial charge in [0.15, 0.2) is 0 Å². The summed E-state index contributed by atoms with van der Waals surface area (Å²) in [7, 11) is 0. The second-order valence-electron chi connectivity index (χ2n) is 7.15. The van der Waals surface area contributed by atoms with Crippen LogP contribution in [-0.4, -0.2) is 68.0 Å². The molecule has 2 rings (SSSR count). The fourth-order valence-corrected chi connectivity index (χ4v) is 3.43. The van der Waals surface area contributed by atoms with Crippen molar-refractivity contribution in [1.82, 2.24) is 25.6 Å². The summed E-state index contributed by atoms with van der Waals surface area (Å²) in [6.07, 6.45) is 4.58. The molecule has 0 spiro atoms. The molecule has 10 nitrogen and oxygen atoms in total. The van der Waals surface area contributed by atoms with Crippen LogP contribution >= 0.6 is 0 Å². The van der Waals surface area contributed by atoms with Crippen LogP contribution in [0.3, 0.4) is 0 Å². The Morgan fingerprint density at radius 2 is 2.10 bits per heavy atom. The van der Waals surface area contributed by atoms with Crippen molar-refractivity contribution in [1.29, 1.82) is 0 Å². The number of carboxylic acids is 1. The SMILES string of the molecule is CCC(CC)O[C@@H]1C=C(C(=O)O)C[C@H](NCc2cn(CCO)nn2)[C@H]1NC(C)=O. The molecule has 1 aliphatic rings. The van der Waals surface area contributed by atoms with Crippen molar-refractivity contribution in [3.8, 4) is 0 Å². The van der Waals surface area contributed by atoms with Gasteiger partial charge in [0.1, 0.15) is 0 Å². The Morgan fingerprint density at radius 1 is 1.38 bits per heavy atom. The number of ether oxygens (including phenoxy) is 1. The summed E-state index contributed by atoms with van der Waals surface area (Å²) in [4.78, 5) is 23.5. The summed E-state index contributed by atoms with van der Waals surface area (Å²) < 4.78 is 7.68. The first-order chi connectivity index (χ1) is 13.9. The van der Waals surface area contributed by atoms with Crippen molar-refractivity contribution < 1.29 is 24.5 Å². The molecule has 162 valence electrons. The molecule has 1 aromatic rings. The lowest BCUT2D eigenvalue weighted by Gasteiger charge is -2.38. The monoisotopic (exact) mass is 409 g/mol. The Balaban J connectivity index is 2.20. The summed E-state index contributed by atoms with van der Waals surface area (Å²) >= 11 is 0. The highest BCUT2D eigenvalue weighted by molar-refractivity contribution is 5.87. The molecule has 0 aliphatic heterocycles. The van der Waals surface area contributed by atoms with Crippen LogP contribution in [0.2, 0.25) is 0 Å². The first-order valence-electron chi connectivity index (χ1n) is 9.97. The highest BCUT2D eigenvalue weighted by atomic mass is 16.5. The summed E-state index contributed by atoms with van der Waals surface area (Å²) in [6.45, 7) is 6.11. The molecule has 1 aliphatic carbocycles. The Morgan fingerprint density at radius 3 is 2.69 bits per heavy atom. The molecule has 0 bridgehead atoms. The zero-order valence-corrected chi connectivity index (χ0v) is 17.2. The summed E-state index contributed by atoms with van der Waals surface area (Å²) in [5.41, 5.74) is 0.910. The van der Waals surface area contributed by atoms with E-state index >= 15 is 0 Å². The third-order valence-electron chi connectivity index (χ3n) is 4.96. The second kappa shape index (κ2) is 11.0. The van der Waals surface area contributed by atoms with Crippen molar-refractivity contribution in [2.45, 2.75) is 77.4 Å². The van der Waals surface area contributed by atoms with E-state index in [1.165, 1.54) is 11.6 Å². The van der Waals surface area contributed by atoms with Gasteiger partial charge in [-0.15, -0.1) is 5.10 Å². The third kappa shape index (κ3) is 6.62. The van der Waals surface area contributed by atoms with Crippen LogP contribution in [0.25, 0.3) is 0 Å². The Kier molecular flexibility index (Phi) is 8.74. The fourth-order valence-electron chi connectivity index (χ4n) is 3.43. The van der Waals surface area contributed by atoms with E-state index in [1.54, 1.807) is 12.3 Å². The van der Waals surface area contributed by atoms with Gasteiger partial charge in [0.05, 0.1) is 37.1 Å². The van der Waals surface area contributed by atoms with Gasteiger partial charge in [0, 0.05) is 31.3 Å². The van der Waals surface area contributed by atoms with E-state index in [0.717, 1.165) is 12.8 Å². The number of nitrogens with zero attached hydrogens (tertiary/aromatic N) is 3. The lowest BCUT2D eigenvalue weighted by molar-refractivity contribution is -0.133. The molecule has 0 radical (unpaired) electrons. The van der Waals surface area contributed by atoms with Crippen molar-refractivity contribution >= 4 is 11.9 Å². The average molecular weight is 409 g/mol. The van der Waals surface area contributed by atoms with Gasteiger partial charge in [0.25, 0.3) is 0 Å². The number of aliphatic carboxylic acids is 1. The van der Waals surface area contributed by atoms with Crippen LogP contribution in [-0.2, 0) is 27.4 Å². The van der Waals surface area contributed by atoms with Crippen molar-refractivity contribution in [2.75, 3.05) is 6.61 Å². The smallest absolute Gasteiger partial charge is 0.331 e. The molecule has 4 N–H and O–H groups in total. The molecule has 3 atom stereocenters. The molecular weight excluding hydrogens is 378 g/mol. The molecule has 0 fully saturated rings. The molecule has 0 unspecified atom stereocenters. The molecular formula is C19H31N5O5. The van der Waals surface area contributed by atoms with Gasteiger partial charge in [-0.3, -0.25) is 4.79 Å². The summed E-state index contributed by atoms with van der Waals surface area (Å²) in [6, 6.07) is -0.763. The lowest BCUT2D eigenvalue weighted by atomic mass is 9.87. The number of hydrogen-bond acceptors (Lipinski definition) is 7. The predicted octanol–water partition coefficient (Wildman–Crippen LogP) is 0.222. The minimum absolute atomic E-state index is 0.0281. The van der Waals surface area contributed by atoms with E-state index in [-0.39, 0.29) is 36.7 Å². The number of amides is 1. The number of carbonyl (C=O) groups excluding carboxylic acids is 1. The molecule has 0 saturated carbocycles. The van der Waals surface area contributed by atoms with Gasteiger partial charge in [-0.05, 0) is 25.3 Å². The number of carbonyl (C=O) groups is 2. The minimum Gasteiger partial charge on any atom is -0.478 e. The lowest BCUT2D eigenvalue weighted by Crippen LogP contribution is -2.58. The molecule has 1 heterocycles. The van der Waals surface area contributed by atoms with Crippen LogP contribution in [0, 0.1) is 0 Å². The van der Waals surface area contributed by atoms with Crippen LogP contribution in [0.1, 0.15) is 45.7 Å². The highest BCUT2D eigenvalue weighted by Gasteiger charge is 2.37. The van der Waals surface area contributed by atoms with Crippen molar-refractivity contribution in [2.24, 2.45) is 0 Å². The number of aromatic nitrogens is 3. The number of nitrogens with one attached hydrogen (secondary N) is 2. The Labute approximate surface area is 170 Å². The number of aliphatic hydroxyl groups excluding tert-OH is 1. The molecule has 1 aromatic heterocycles. The van der Waals surface area contributed by atoms with Gasteiger partial charge < -0.3 is 25.6 Å². The van der Waals surface area contributed by atoms with Gasteiger partial charge in [-0.2, -0.15) is 0 Å². The van der Waals surface area contributed by atoms with Crippen LogP contribution < -0.4 is 10.6 Å². The maximum Gasteiger partial charge on any atom is 0.331 e. The number of rotatable bonds is 11. The molecule has 0 saturated heterocycles. The van der Waals surface area contributed by atoms with Crippen LogP contribution in [0.15, 0.2) is 17.8 Å². The number of aliphatic hydroxyl groups is 1. The van der Waals surface area contributed by atoms with E-state index in [9.17, 15) is 14.7 Å². The zero-order chi connectivity index (χ0) is 21.4. The minimum atomic E-state index is -0.995. The summed E-state index contributed by atoms with van der Waals surface area (Å²) in [5.74, 6) is -1.20. The topological polar surface area (TPSA) is 139 Å². The van der Waals surface area contributed by atoms with E-state index in [1.807, 2.05) is 13.8 Å². The third-order valence-corrected chi connectivity index (χ3v) is 4.96. The summed E-state index contributed by atoms with van der Waals surface area (Å²) in [5, 5.41) is 32.7. The molecule has 10 heteroatoms. The second-order valence-corrected chi connectivity index (χ2v) is 7.15. The van der Waals surface area contributed by atoms with Crippen LogP contribution in [0.4, 0.5) is 0 Å². The maximum absolute atomic E-state index is 11.8. The van der Waals surface area contributed by atoms with E-state index < -0.39 is 18.1 Å². The molecule has 0 aromatic carbocycles. The van der Waals surface area contributed by atoms with Gasteiger partial charge >= 0.3 is 5.97 Å². The maximum atomic E-state index is 11.8. The highest BCUT2D eigenvalue weighted by Crippen LogP contribution is 2.24. The van der Waals surface area contributed by atoms with Gasteiger partial charge in [0.2, 0.25) is 5.91 Å². The van der Waals surface area contributed by atoms with Gasteiger partial charge in [-0.25, -0.2) is 9.48 Å². The van der Waals surface area contributed by atoms with E-state index in [2.05, 4.69) is 20.9 Å². The first kappa shape index (κ1) is 23.0. The van der Waals surface area contributed by atoms with Crippen LogP contribution in [0.5, 0.6) is 0 Å². The normalized spacial score (nSPS) is 21.8. The number of carboxylic acid groups (broad SMARTS) is 1. The average Bonchev–Trinajstić information content (AvgIpc) is 3.13. The van der Waals surface area contributed by atoms with Crippen molar-refractivity contribution in [3.05, 3.63) is 23.5 Å². The first-order valence-corrected chi connectivity index (χ1v) is 9.97. The standard InChI is InChI=1S/C19H31N5O5/c1-4-15(5-2)29-17-9-13(19(27)28)8-16(18(17)21-12(3)26)20-10-14-11-24(6-7-25)23-22-14/h9,11,15-18,20,25H,4-8,10H2,1-3H3,(H,21,26)(H,27,28)/t16-,17+,18+/m0/s1. The fraction of sp³-hybridized carbons (Fsp3) is 0.684. The molecule has 29 heavy (non-hydrogen) atoms. The largest absolute Gasteiger partial charge is 0.478 e. The van der Waals surface area contributed by atoms with Gasteiger partial charge in [-0.1, -0.05) is 19.1 Å². The quantitative estimate of drug-likeness (QED) is 0.407. The number of hydrogen-bond donors (Lipinski definition) is 4. The van der Waals surface area contributed by atoms with E-state index in [4.69, 9.17) is 9.84 Å². The predicted molar refractivity (Wildman–Crippen MR) is 105 cm³/mol. The zero-order valence-electron chi connectivity index (χ0n) is 17.2. The Hall–Kier alpha value is -2.30. The molecule has 1 amide bonds. The van der Waals surface area contributed by atoms with E-state index in [0.29, 0.717) is 18.8 Å². The Bertz CT molecular complexity index is 716.